The van der Waals surface area contributed by atoms with E-state index in [1.54, 1.807) is 4.90 Å². The second-order valence-corrected chi connectivity index (χ2v) is 13.2. The molecule has 7 rings (SSSR count). The van der Waals surface area contributed by atoms with E-state index >= 15 is 0 Å². The van der Waals surface area contributed by atoms with Gasteiger partial charge in [-0.05, 0) is 61.6 Å². The van der Waals surface area contributed by atoms with Crippen molar-refractivity contribution >= 4 is 28.1 Å². The number of hydrogen-bond acceptors (Lipinski definition) is 8. The summed E-state index contributed by atoms with van der Waals surface area (Å²) in [5.41, 5.74) is 5.71. The number of aromatic nitrogens is 1. The number of piperidine rings is 1. The fourth-order valence-corrected chi connectivity index (χ4v) is 8.37. The molecule has 1 aliphatic carbocycles. The summed E-state index contributed by atoms with van der Waals surface area (Å²) in [6, 6.07) is 18.0. The number of carbonyl (C=O) groups excluding carboxylic acids is 1. The molecule has 4 aliphatic rings. The van der Waals surface area contributed by atoms with Crippen LogP contribution in [0.1, 0.15) is 48.1 Å². The smallest absolute Gasteiger partial charge is 0.246 e. The van der Waals surface area contributed by atoms with Gasteiger partial charge in [-0.2, -0.15) is 10.5 Å². The lowest BCUT2D eigenvalue weighted by molar-refractivity contribution is -0.128. The van der Waals surface area contributed by atoms with Crippen molar-refractivity contribution in [3.63, 3.8) is 0 Å². The number of anilines is 2. The van der Waals surface area contributed by atoms with Crippen LogP contribution in [0, 0.1) is 35.5 Å². The number of nitrogens with zero attached hydrogens (tertiary/aromatic N) is 7. The Kier molecular flexibility index (Phi) is 8.27. The number of nitriles is 2. The van der Waals surface area contributed by atoms with E-state index in [4.69, 9.17) is 9.72 Å². The summed E-state index contributed by atoms with van der Waals surface area (Å²) in [7, 11) is 0. The van der Waals surface area contributed by atoms with E-state index < -0.39 is 0 Å². The molecule has 9 heteroatoms. The summed E-state index contributed by atoms with van der Waals surface area (Å²) in [6.07, 6.45) is 6.14. The van der Waals surface area contributed by atoms with Gasteiger partial charge in [0.1, 0.15) is 18.2 Å². The molecule has 0 spiro atoms. The maximum Gasteiger partial charge on any atom is 0.246 e. The number of ether oxygens (including phenoxy) is 1. The van der Waals surface area contributed by atoms with Gasteiger partial charge in [0, 0.05) is 61.9 Å². The molecule has 1 saturated carbocycles. The average Bonchev–Trinajstić information content (AvgIpc) is 3.71. The lowest BCUT2D eigenvalue weighted by Gasteiger charge is -2.43. The number of likely N-dealkylation sites (tertiary alicyclic amines) is 1. The van der Waals surface area contributed by atoms with Crippen molar-refractivity contribution in [3.05, 3.63) is 71.4 Å². The Labute approximate surface area is 271 Å². The molecule has 1 amide bonds. The van der Waals surface area contributed by atoms with Crippen molar-refractivity contribution in [1.82, 2.24) is 14.8 Å². The first-order valence-electron chi connectivity index (χ1n) is 16.6. The average molecular weight is 616 g/mol. The molecule has 2 bridgehead atoms. The zero-order valence-electron chi connectivity index (χ0n) is 26.6. The molecule has 3 aliphatic heterocycles. The molecule has 3 fully saturated rings. The van der Waals surface area contributed by atoms with Crippen LogP contribution in [0.15, 0.2) is 49.1 Å². The maximum absolute atomic E-state index is 12.7. The molecule has 2 saturated heterocycles. The molecule has 46 heavy (non-hydrogen) atoms. The van der Waals surface area contributed by atoms with E-state index in [2.05, 4.69) is 76.7 Å². The van der Waals surface area contributed by atoms with Gasteiger partial charge in [0.2, 0.25) is 11.8 Å². The maximum atomic E-state index is 12.7. The van der Waals surface area contributed by atoms with Crippen molar-refractivity contribution in [1.29, 1.82) is 10.5 Å². The van der Waals surface area contributed by atoms with Gasteiger partial charge < -0.3 is 19.4 Å². The summed E-state index contributed by atoms with van der Waals surface area (Å²) in [4.78, 5) is 26.6. The van der Waals surface area contributed by atoms with Gasteiger partial charge in [-0.25, -0.2) is 4.98 Å². The molecule has 1 aromatic heterocycles. The summed E-state index contributed by atoms with van der Waals surface area (Å²) in [6.45, 7) is 11.1. The van der Waals surface area contributed by atoms with Crippen LogP contribution in [0.2, 0.25) is 0 Å². The van der Waals surface area contributed by atoms with Crippen LogP contribution in [-0.4, -0.2) is 78.7 Å². The van der Waals surface area contributed by atoms with E-state index in [1.807, 2.05) is 0 Å². The van der Waals surface area contributed by atoms with Crippen LogP contribution in [-0.2, 0) is 17.8 Å². The van der Waals surface area contributed by atoms with Crippen molar-refractivity contribution in [2.24, 2.45) is 5.92 Å². The van der Waals surface area contributed by atoms with Crippen LogP contribution in [0.4, 0.5) is 11.4 Å². The minimum absolute atomic E-state index is 0.169. The van der Waals surface area contributed by atoms with Crippen molar-refractivity contribution in [3.8, 4) is 18.0 Å². The normalized spacial score (nSPS) is 22.4. The summed E-state index contributed by atoms with van der Waals surface area (Å²) in [5, 5.41) is 22.7. The number of amides is 1. The number of rotatable bonds is 8. The highest BCUT2D eigenvalue weighted by Gasteiger charge is 2.38. The third kappa shape index (κ3) is 5.43. The van der Waals surface area contributed by atoms with E-state index in [0.717, 1.165) is 48.9 Å². The topological polar surface area (TPSA) is 99.7 Å². The fraction of sp³-hybridized carbons (Fsp3) is 0.459. The molecule has 2 aromatic carbocycles. The molecule has 0 radical (unpaired) electrons. The van der Waals surface area contributed by atoms with Gasteiger partial charge in [0.15, 0.2) is 0 Å². The molecule has 0 N–H and O–H groups in total. The van der Waals surface area contributed by atoms with Crippen molar-refractivity contribution < 1.29 is 9.53 Å². The Balaban J connectivity index is 1.24. The number of fused-ring (bicyclic) bond motifs is 4. The molecular weight excluding hydrogens is 574 g/mol. The molecule has 4 heterocycles. The standard InChI is InChI=1S/C37H41N7O2/c1-3-34(45)44-17-16-43(23-29(44)12-14-38)36-30-13-15-42(33-9-5-8-27-7-4-6-25(2)35(27)33)24-32(30)40-37(31(36)21-39)46-19-18-41-22-26-10-11-28(41)20-26/h3-9,26,28-29H,1,10-13,15-20,22-24H2,2H3/t26?,28?,29-/m0/s1. The predicted octanol–water partition coefficient (Wildman–Crippen LogP) is 4.96. The third-order valence-electron chi connectivity index (χ3n) is 10.6. The van der Waals surface area contributed by atoms with Gasteiger partial charge >= 0.3 is 0 Å². The van der Waals surface area contributed by atoms with Crippen LogP contribution in [0.3, 0.4) is 0 Å². The molecular formula is C37H41N7O2. The van der Waals surface area contributed by atoms with E-state index in [9.17, 15) is 15.3 Å². The van der Waals surface area contributed by atoms with Gasteiger partial charge in [0.05, 0.1) is 36.5 Å². The Bertz CT molecular complexity index is 1750. The van der Waals surface area contributed by atoms with Gasteiger partial charge in [-0.3, -0.25) is 9.69 Å². The minimum Gasteiger partial charge on any atom is -0.475 e. The third-order valence-corrected chi connectivity index (χ3v) is 10.6. The lowest BCUT2D eigenvalue weighted by atomic mass is 9.95. The molecule has 9 nitrogen and oxygen atoms in total. The highest BCUT2D eigenvalue weighted by atomic mass is 16.5. The molecule has 2 unspecified atom stereocenters. The largest absolute Gasteiger partial charge is 0.475 e. The zero-order chi connectivity index (χ0) is 31.8. The SMILES string of the molecule is C=CC(=O)N1CCN(c2c(C#N)c(OCCN3CC4CCC3C4)nc3c2CCN(c2cccc4cccc(C)c24)C3)C[C@@H]1CC#N. The van der Waals surface area contributed by atoms with E-state index in [0.29, 0.717) is 50.3 Å². The Morgan fingerprint density at radius 3 is 2.70 bits per heavy atom. The lowest BCUT2D eigenvalue weighted by Crippen LogP contribution is -2.55. The Hall–Kier alpha value is -4.60. The molecule has 236 valence electrons. The Morgan fingerprint density at radius 2 is 1.96 bits per heavy atom. The van der Waals surface area contributed by atoms with Crippen LogP contribution < -0.4 is 14.5 Å². The van der Waals surface area contributed by atoms with Crippen LogP contribution in [0.5, 0.6) is 5.88 Å². The first-order chi connectivity index (χ1) is 22.5. The van der Waals surface area contributed by atoms with Gasteiger partial charge in [-0.15, -0.1) is 0 Å². The number of carbonyl (C=O) groups is 1. The zero-order valence-corrected chi connectivity index (χ0v) is 26.6. The van der Waals surface area contributed by atoms with Crippen LogP contribution >= 0.6 is 0 Å². The minimum atomic E-state index is -0.298. The van der Waals surface area contributed by atoms with Gasteiger partial charge in [0.25, 0.3) is 0 Å². The van der Waals surface area contributed by atoms with Crippen LogP contribution in [0.25, 0.3) is 10.8 Å². The predicted molar refractivity (Wildman–Crippen MR) is 179 cm³/mol. The second kappa shape index (κ2) is 12.7. The number of hydrogen-bond donors (Lipinski definition) is 0. The van der Waals surface area contributed by atoms with Gasteiger partial charge in [-0.1, -0.05) is 36.9 Å². The summed E-state index contributed by atoms with van der Waals surface area (Å²) >= 11 is 0. The first-order valence-corrected chi connectivity index (χ1v) is 16.6. The number of pyridine rings is 1. The number of aryl methyl sites for hydroxylation is 1. The monoisotopic (exact) mass is 615 g/mol. The van der Waals surface area contributed by atoms with Crippen molar-refractivity contribution in [2.45, 2.75) is 57.7 Å². The van der Waals surface area contributed by atoms with E-state index in [-0.39, 0.29) is 18.4 Å². The fourth-order valence-electron chi connectivity index (χ4n) is 8.37. The number of piperazine rings is 1. The second-order valence-electron chi connectivity index (χ2n) is 13.2. The first kappa shape index (κ1) is 30.1. The molecule has 3 atom stereocenters. The Morgan fingerprint density at radius 1 is 1.11 bits per heavy atom. The summed E-state index contributed by atoms with van der Waals surface area (Å²) < 4.78 is 6.43. The quantitative estimate of drug-likeness (QED) is 0.328. The van der Waals surface area contributed by atoms with Crippen molar-refractivity contribution in [2.75, 3.05) is 55.7 Å². The van der Waals surface area contributed by atoms with E-state index in [1.165, 1.54) is 47.4 Å². The molecule has 3 aromatic rings. The highest BCUT2D eigenvalue weighted by Crippen LogP contribution is 2.40. The number of benzene rings is 2. The highest BCUT2D eigenvalue weighted by molar-refractivity contribution is 5.97. The summed E-state index contributed by atoms with van der Waals surface area (Å²) in [5.74, 6) is 1.03.